The van der Waals surface area contributed by atoms with E-state index in [4.69, 9.17) is 0 Å². The lowest BCUT2D eigenvalue weighted by atomic mass is 9.64. The molecule has 180 valence electrons. The molecule has 0 bridgehead atoms. The number of phenolic OH excluding ortho intramolecular Hbond substituents is 1. The molecule has 0 saturated heterocycles. The molecule has 1 aliphatic heterocycles. The highest BCUT2D eigenvalue weighted by Crippen LogP contribution is 2.51. The minimum atomic E-state index is -0.343. The van der Waals surface area contributed by atoms with Crippen molar-refractivity contribution in [1.82, 2.24) is 5.32 Å². The second-order valence-corrected chi connectivity index (χ2v) is 11.6. The van der Waals surface area contributed by atoms with Crippen molar-refractivity contribution in [2.24, 2.45) is 15.8 Å². The normalized spacial score (nSPS) is 21.7. The number of Topliss-reactive ketones (excluding diaryl/α,β-unsaturated/α-hetero) is 2. The van der Waals surface area contributed by atoms with Crippen molar-refractivity contribution in [3.63, 3.8) is 0 Å². The number of rotatable bonds is 3. The lowest BCUT2D eigenvalue weighted by molar-refractivity contribution is -0.119. The quantitative estimate of drug-likeness (QED) is 0.532. The number of carbonyl (C=O) groups excluding carboxylic acids is 2. The van der Waals surface area contributed by atoms with Crippen molar-refractivity contribution in [3.05, 3.63) is 82.2 Å². The van der Waals surface area contributed by atoms with Gasteiger partial charge in [-0.2, -0.15) is 0 Å². The molecular weight excluding hydrogens is 436 g/mol. The summed E-state index contributed by atoms with van der Waals surface area (Å²) in [5.74, 6) is 0.0859. The molecule has 5 heteroatoms. The van der Waals surface area contributed by atoms with Crippen LogP contribution in [0.15, 0.2) is 76.1 Å². The number of hydrogen-bond acceptors (Lipinski definition) is 5. The van der Waals surface area contributed by atoms with Crippen LogP contribution in [-0.2, 0) is 9.59 Å². The van der Waals surface area contributed by atoms with E-state index in [0.29, 0.717) is 18.4 Å². The molecule has 2 N–H and O–H groups in total. The molecule has 2 aromatic rings. The number of phenols is 1. The van der Waals surface area contributed by atoms with Crippen LogP contribution >= 0.6 is 0 Å². The van der Waals surface area contributed by atoms with Gasteiger partial charge in [-0.1, -0.05) is 52.0 Å². The fourth-order valence-corrected chi connectivity index (χ4v) is 5.72. The summed E-state index contributed by atoms with van der Waals surface area (Å²) in [6, 6.07) is 14.8. The SMILES string of the molecule is CC1(C)CC(=O)C2=C(C1)NC1=C(C(=O)CC(C)(C)C1)C2c1ccc(N=Cc2ccccc2O)cc1. The van der Waals surface area contributed by atoms with E-state index < -0.39 is 0 Å². The van der Waals surface area contributed by atoms with Crippen molar-refractivity contribution >= 4 is 23.5 Å². The molecule has 1 heterocycles. The number of hydrogen-bond donors (Lipinski definition) is 2. The van der Waals surface area contributed by atoms with Gasteiger partial charge in [0.1, 0.15) is 5.75 Å². The van der Waals surface area contributed by atoms with Crippen LogP contribution in [0.5, 0.6) is 5.75 Å². The number of benzene rings is 2. The molecule has 0 atom stereocenters. The van der Waals surface area contributed by atoms with E-state index in [1.54, 1.807) is 24.4 Å². The second-order valence-electron chi connectivity index (χ2n) is 11.6. The number of nitrogens with one attached hydrogen (secondary N) is 1. The third-order valence-corrected chi connectivity index (χ3v) is 7.23. The Morgan fingerprint density at radius 2 is 1.37 bits per heavy atom. The first-order valence-electron chi connectivity index (χ1n) is 12.2. The van der Waals surface area contributed by atoms with Crippen LogP contribution in [0.1, 0.15) is 70.4 Å². The second kappa shape index (κ2) is 8.33. The van der Waals surface area contributed by atoms with E-state index in [9.17, 15) is 14.7 Å². The van der Waals surface area contributed by atoms with E-state index in [1.807, 2.05) is 30.3 Å². The van der Waals surface area contributed by atoms with E-state index >= 15 is 0 Å². The number of ketones is 2. The lowest BCUT2D eigenvalue weighted by Gasteiger charge is -2.44. The molecule has 5 rings (SSSR count). The predicted octanol–water partition coefficient (Wildman–Crippen LogP) is 6.12. The van der Waals surface area contributed by atoms with Gasteiger partial charge in [0.15, 0.2) is 11.6 Å². The smallest absolute Gasteiger partial charge is 0.162 e. The highest BCUT2D eigenvalue weighted by molar-refractivity contribution is 6.06. The number of aromatic hydroxyl groups is 1. The molecule has 0 saturated carbocycles. The standard InChI is InChI=1S/C30H32N2O3/c1-29(2)13-21-27(24(34)15-29)26(28-22(32-21)14-30(3,4)16-25(28)35)18-9-11-20(12-10-18)31-17-19-7-5-6-8-23(19)33/h5-12,17,26,32-33H,13-16H2,1-4H3. The van der Waals surface area contributed by atoms with Gasteiger partial charge in [-0.25, -0.2) is 0 Å². The zero-order valence-electron chi connectivity index (χ0n) is 20.8. The van der Waals surface area contributed by atoms with E-state index in [2.05, 4.69) is 38.0 Å². The first-order chi connectivity index (χ1) is 16.5. The van der Waals surface area contributed by atoms with Gasteiger partial charge >= 0.3 is 0 Å². The van der Waals surface area contributed by atoms with Gasteiger partial charge in [-0.3, -0.25) is 14.6 Å². The summed E-state index contributed by atoms with van der Waals surface area (Å²) in [7, 11) is 0. The Morgan fingerprint density at radius 1 is 0.829 bits per heavy atom. The fourth-order valence-electron chi connectivity index (χ4n) is 5.72. The number of para-hydroxylation sites is 1. The first-order valence-corrected chi connectivity index (χ1v) is 12.2. The summed E-state index contributed by atoms with van der Waals surface area (Å²) < 4.78 is 0. The van der Waals surface area contributed by atoms with Gasteiger partial charge in [-0.15, -0.1) is 0 Å². The van der Waals surface area contributed by atoms with Crippen LogP contribution in [0, 0.1) is 10.8 Å². The minimum Gasteiger partial charge on any atom is -0.507 e. The zero-order chi connectivity index (χ0) is 25.0. The van der Waals surface area contributed by atoms with Gasteiger partial charge in [0, 0.05) is 53.1 Å². The molecule has 2 aliphatic carbocycles. The molecule has 0 amide bonds. The number of allylic oxidation sites excluding steroid dienone is 4. The molecule has 0 spiro atoms. The highest BCUT2D eigenvalue weighted by atomic mass is 16.3. The first kappa shape index (κ1) is 23.3. The Bertz CT molecular complexity index is 1260. The maximum Gasteiger partial charge on any atom is 0.162 e. The number of aliphatic imine (C=N–C) groups is 1. The summed E-state index contributed by atoms with van der Waals surface area (Å²) in [5.41, 5.74) is 5.55. The molecule has 2 aromatic carbocycles. The Hall–Kier alpha value is -3.47. The van der Waals surface area contributed by atoms with Crippen molar-refractivity contribution < 1.29 is 14.7 Å². The van der Waals surface area contributed by atoms with Crippen LogP contribution in [0.25, 0.3) is 0 Å². The Labute approximate surface area is 206 Å². The van der Waals surface area contributed by atoms with Gasteiger partial charge < -0.3 is 10.4 Å². The highest BCUT2D eigenvalue weighted by Gasteiger charge is 2.46. The summed E-state index contributed by atoms with van der Waals surface area (Å²) >= 11 is 0. The summed E-state index contributed by atoms with van der Waals surface area (Å²) in [6.45, 7) is 8.51. The van der Waals surface area contributed by atoms with Crippen LogP contribution in [0.3, 0.4) is 0 Å². The maximum atomic E-state index is 13.4. The van der Waals surface area contributed by atoms with Crippen LogP contribution in [-0.4, -0.2) is 22.9 Å². The topological polar surface area (TPSA) is 78.8 Å². The number of dihydropyridines is 1. The molecular formula is C30H32N2O3. The van der Waals surface area contributed by atoms with E-state index in [1.165, 1.54) is 0 Å². The summed E-state index contributed by atoms with van der Waals surface area (Å²) in [4.78, 5) is 31.3. The third kappa shape index (κ3) is 4.47. The van der Waals surface area contributed by atoms with Gasteiger partial charge in [0.25, 0.3) is 0 Å². The van der Waals surface area contributed by atoms with E-state index in [0.717, 1.165) is 46.6 Å². The molecule has 0 fully saturated rings. The molecule has 0 unspecified atom stereocenters. The maximum absolute atomic E-state index is 13.4. The molecule has 0 radical (unpaired) electrons. The Kier molecular flexibility index (Phi) is 5.54. The Morgan fingerprint density at radius 3 is 1.91 bits per heavy atom. The van der Waals surface area contributed by atoms with Gasteiger partial charge in [-0.05, 0) is 53.5 Å². The van der Waals surface area contributed by atoms with E-state index in [-0.39, 0.29) is 34.1 Å². The van der Waals surface area contributed by atoms with Crippen LogP contribution < -0.4 is 5.32 Å². The van der Waals surface area contributed by atoms with Gasteiger partial charge in [0.2, 0.25) is 0 Å². The van der Waals surface area contributed by atoms with Crippen LogP contribution in [0.4, 0.5) is 5.69 Å². The summed E-state index contributed by atoms with van der Waals surface area (Å²) in [6.07, 6.45) is 4.18. The minimum absolute atomic E-state index is 0.110. The molecule has 5 nitrogen and oxygen atoms in total. The largest absolute Gasteiger partial charge is 0.507 e. The van der Waals surface area contributed by atoms with Crippen molar-refractivity contribution in [3.8, 4) is 5.75 Å². The number of carbonyl (C=O) groups is 2. The molecule has 0 aromatic heterocycles. The molecule has 35 heavy (non-hydrogen) atoms. The summed E-state index contributed by atoms with van der Waals surface area (Å²) in [5, 5.41) is 13.5. The third-order valence-electron chi connectivity index (χ3n) is 7.23. The molecule has 3 aliphatic rings. The predicted molar refractivity (Wildman–Crippen MR) is 138 cm³/mol. The zero-order valence-corrected chi connectivity index (χ0v) is 20.8. The van der Waals surface area contributed by atoms with Crippen molar-refractivity contribution in [2.45, 2.75) is 59.3 Å². The van der Waals surface area contributed by atoms with Gasteiger partial charge in [0.05, 0.1) is 5.69 Å². The number of nitrogens with zero attached hydrogens (tertiary/aromatic N) is 1. The monoisotopic (exact) mass is 468 g/mol. The fraction of sp³-hybridized carbons (Fsp3) is 0.367. The van der Waals surface area contributed by atoms with Crippen LogP contribution in [0.2, 0.25) is 0 Å². The Balaban J connectivity index is 1.55. The average Bonchev–Trinajstić information content (AvgIpc) is 2.76. The average molecular weight is 469 g/mol. The lowest BCUT2D eigenvalue weighted by Crippen LogP contribution is -2.42. The van der Waals surface area contributed by atoms with Crippen molar-refractivity contribution in [1.29, 1.82) is 0 Å². The van der Waals surface area contributed by atoms with Crippen molar-refractivity contribution in [2.75, 3.05) is 0 Å².